The summed E-state index contributed by atoms with van der Waals surface area (Å²) in [6.45, 7) is 3.88. The quantitative estimate of drug-likeness (QED) is 0.454. The van der Waals surface area contributed by atoms with E-state index in [2.05, 4.69) is 0 Å². The Morgan fingerprint density at radius 3 is 2.32 bits per heavy atom. The third-order valence-corrected chi connectivity index (χ3v) is 7.94. The summed E-state index contributed by atoms with van der Waals surface area (Å²) in [6.07, 6.45) is 2.57. The van der Waals surface area contributed by atoms with E-state index in [1.807, 2.05) is 49.4 Å². The highest BCUT2D eigenvalue weighted by Crippen LogP contribution is 2.27. The van der Waals surface area contributed by atoms with E-state index in [1.165, 1.54) is 4.31 Å². The normalized spacial score (nSPS) is 15.2. The lowest BCUT2D eigenvalue weighted by Gasteiger charge is -2.33. The van der Waals surface area contributed by atoms with Gasteiger partial charge in [-0.1, -0.05) is 30.3 Å². The monoisotopic (exact) mass is 482 g/mol. The van der Waals surface area contributed by atoms with Crippen molar-refractivity contribution in [2.75, 3.05) is 19.7 Å². The van der Waals surface area contributed by atoms with E-state index in [-0.39, 0.29) is 16.7 Å². The third kappa shape index (κ3) is 5.69. The summed E-state index contributed by atoms with van der Waals surface area (Å²) in [5.41, 5.74) is 1.04. The average molecular weight is 483 g/mol. The van der Waals surface area contributed by atoms with E-state index in [0.717, 1.165) is 11.3 Å². The summed E-state index contributed by atoms with van der Waals surface area (Å²) in [7, 11) is -3.61. The summed E-state index contributed by atoms with van der Waals surface area (Å²) in [4.78, 5) is 15.5. The second-order valence-electron chi connectivity index (χ2n) is 8.34. The Kier molecular flexibility index (Phi) is 7.70. The molecule has 0 atom stereocenters. The first-order valence-electron chi connectivity index (χ1n) is 11.6. The molecule has 180 valence electrons. The van der Waals surface area contributed by atoms with E-state index in [4.69, 9.17) is 9.15 Å². The topological polar surface area (TPSA) is 80.1 Å². The van der Waals surface area contributed by atoms with Crippen LogP contribution in [0.2, 0.25) is 0 Å². The zero-order valence-corrected chi connectivity index (χ0v) is 20.1. The van der Waals surface area contributed by atoms with Crippen LogP contribution < -0.4 is 4.74 Å². The van der Waals surface area contributed by atoms with Gasteiger partial charge in [0.05, 0.1) is 24.3 Å². The zero-order chi connectivity index (χ0) is 24.0. The molecule has 3 aromatic rings. The van der Waals surface area contributed by atoms with Gasteiger partial charge in [-0.25, -0.2) is 8.42 Å². The molecule has 1 aliphatic heterocycles. The molecule has 0 unspecified atom stereocenters. The lowest BCUT2D eigenvalue weighted by Crippen LogP contribution is -2.44. The van der Waals surface area contributed by atoms with Crippen molar-refractivity contribution in [3.63, 3.8) is 0 Å². The van der Waals surface area contributed by atoms with Gasteiger partial charge >= 0.3 is 0 Å². The molecule has 1 fully saturated rings. The highest BCUT2D eigenvalue weighted by Gasteiger charge is 2.34. The van der Waals surface area contributed by atoms with Gasteiger partial charge in [0, 0.05) is 25.6 Å². The maximum absolute atomic E-state index is 13.5. The molecule has 2 aromatic carbocycles. The number of nitrogens with zero attached hydrogens (tertiary/aromatic N) is 2. The molecule has 0 radical (unpaired) electrons. The van der Waals surface area contributed by atoms with Gasteiger partial charge in [-0.05, 0) is 61.7 Å². The van der Waals surface area contributed by atoms with Crippen LogP contribution in [0.1, 0.15) is 31.1 Å². The van der Waals surface area contributed by atoms with Crippen LogP contribution in [-0.2, 0) is 27.9 Å². The fourth-order valence-corrected chi connectivity index (χ4v) is 5.70. The molecular weight excluding hydrogens is 452 g/mol. The number of furan rings is 1. The van der Waals surface area contributed by atoms with Crippen LogP contribution in [0.5, 0.6) is 5.75 Å². The summed E-state index contributed by atoms with van der Waals surface area (Å²) in [5.74, 6) is 1.16. The Bertz CT molecular complexity index is 1150. The molecular formula is C26H30N2O5S. The highest BCUT2D eigenvalue weighted by atomic mass is 32.2. The molecule has 34 heavy (non-hydrogen) atoms. The van der Waals surface area contributed by atoms with Crippen LogP contribution in [0.25, 0.3) is 0 Å². The SMILES string of the molecule is CCOc1ccc(S(=O)(=O)N2CCC(C(=O)N(Cc3ccccc3)Cc3ccco3)CC2)cc1. The Morgan fingerprint density at radius 1 is 1.00 bits per heavy atom. The van der Waals surface area contributed by atoms with Crippen molar-refractivity contribution >= 4 is 15.9 Å². The Labute approximate surface area is 201 Å². The second-order valence-corrected chi connectivity index (χ2v) is 10.3. The van der Waals surface area contributed by atoms with Crippen LogP contribution in [0.15, 0.2) is 82.3 Å². The molecule has 1 aromatic heterocycles. The van der Waals surface area contributed by atoms with E-state index in [9.17, 15) is 13.2 Å². The maximum atomic E-state index is 13.5. The number of amides is 1. The number of piperidine rings is 1. The first-order chi connectivity index (χ1) is 16.5. The number of rotatable bonds is 9. The summed E-state index contributed by atoms with van der Waals surface area (Å²) in [6, 6.07) is 20.0. The van der Waals surface area contributed by atoms with Gasteiger partial charge in [0.15, 0.2) is 0 Å². The molecule has 2 heterocycles. The van der Waals surface area contributed by atoms with Gasteiger partial charge in [0.2, 0.25) is 15.9 Å². The second kappa shape index (κ2) is 10.9. The lowest BCUT2D eigenvalue weighted by atomic mass is 9.96. The maximum Gasteiger partial charge on any atom is 0.243 e. The first-order valence-corrected chi connectivity index (χ1v) is 13.0. The van der Waals surface area contributed by atoms with Crippen LogP contribution in [-0.4, -0.2) is 43.2 Å². The van der Waals surface area contributed by atoms with Crippen molar-refractivity contribution < 1.29 is 22.4 Å². The van der Waals surface area contributed by atoms with Crippen molar-refractivity contribution in [1.82, 2.24) is 9.21 Å². The van der Waals surface area contributed by atoms with E-state index >= 15 is 0 Å². The minimum Gasteiger partial charge on any atom is -0.494 e. The fraction of sp³-hybridized carbons (Fsp3) is 0.346. The van der Waals surface area contributed by atoms with Crippen molar-refractivity contribution in [3.8, 4) is 5.75 Å². The lowest BCUT2D eigenvalue weighted by molar-refractivity contribution is -0.138. The van der Waals surface area contributed by atoms with Gasteiger partial charge in [-0.3, -0.25) is 4.79 Å². The molecule has 1 aliphatic rings. The predicted molar refractivity (Wildman–Crippen MR) is 128 cm³/mol. The Hall–Kier alpha value is -3.10. The predicted octanol–water partition coefficient (Wildman–Crippen LogP) is 4.31. The number of sulfonamides is 1. The minimum absolute atomic E-state index is 0.0263. The van der Waals surface area contributed by atoms with E-state index in [0.29, 0.717) is 51.4 Å². The van der Waals surface area contributed by atoms with E-state index < -0.39 is 10.0 Å². The van der Waals surface area contributed by atoms with Gasteiger partial charge in [0.25, 0.3) is 0 Å². The standard InChI is InChI=1S/C26H30N2O5S/c1-2-32-23-10-12-25(13-11-23)34(30,31)28-16-14-22(15-17-28)26(29)27(20-24-9-6-18-33-24)19-21-7-4-3-5-8-21/h3-13,18,22H,2,14-17,19-20H2,1H3. The number of benzene rings is 2. The third-order valence-electron chi connectivity index (χ3n) is 6.03. The van der Waals surface area contributed by atoms with Crippen LogP contribution in [0.3, 0.4) is 0 Å². The molecule has 0 spiro atoms. The van der Waals surface area contributed by atoms with Gasteiger partial charge in [0.1, 0.15) is 11.5 Å². The molecule has 7 nitrogen and oxygen atoms in total. The van der Waals surface area contributed by atoms with Gasteiger partial charge < -0.3 is 14.1 Å². The largest absolute Gasteiger partial charge is 0.494 e. The van der Waals surface area contributed by atoms with Crippen molar-refractivity contribution in [2.45, 2.75) is 37.8 Å². The van der Waals surface area contributed by atoms with Gasteiger partial charge in [-0.2, -0.15) is 4.31 Å². The summed E-state index contributed by atoms with van der Waals surface area (Å²) < 4.78 is 38.6. The molecule has 1 amide bonds. The number of hydrogen-bond acceptors (Lipinski definition) is 5. The van der Waals surface area contributed by atoms with Crippen LogP contribution >= 0.6 is 0 Å². The van der Waals surface area contributed by atoms with E-state index in [1.54, 1.807) is 35.4 Å². The average Bonchev–Trinajstić information content (AvgIpc) is 3.38. The van der Waals surface area contributed by atoms with Crippen molar-refractivity contribution in [3.05, 3.63) is 84.3 Å². The van der Waals surface area contributed by atoms with Crippen LogP contribution in [0.4, 0.5) is 0 Å². The Morgan fingerprint density at radius 2 is 1.71 bits per heavy atom. The molecule has 4 rings (SSSR count). The summed E-state index contributed by atoms with van der Waals surface area (Å²) >= 11 is 0. The van der Waals surface area contributed by atoms with Crippen molar-refractivity contribution in [1.29, 1.82) is 0 Å². The van der Waals surface area contributed by atoms with Crippen LogP contribution in [0, 0.1) is 5.92 Å². The molecule has 0 N–H and O–H groups in total. The Balaban J connectivity index is 1.42. The molecule has 0 aliphatic carbocycles. The van der Waals surface area contributed by atoms with Crippen molar-refractivity contribution in [2.24, 2.45) is 5.92 Å². The number of carbonyl (C=O) groups excluding carboxylic acids is 1. The molecule has 1 saturated heterocycles. The number of carbonyl (C=O) groups is 1. The fourth-order valence-electron chi connectivity index (χ4n) is 4.23. The zero-order valence-electron chi connectivity index (χ0n) is 19.3. The minimum atomic E-state index is -3.61. The first kappa shape index (κ1) is 24.0. The smallest absolute Gasteiger partial charge is 0.243 e. The number of ether oxygens (including phenoxy) is 1. The molecule has 8 heteroatoms. The summed E-state index contributed by atoms with van der Waals surface area (Å²) in [5, 5.41) is 0. The molecule has 0 bridgehead atoms. The number of hydrogen-bond donors (Lipinski definition) is 0. The highest BCUT2D eigenvalue weighted by molar-refractivity contribution is 7.89. The van der Waals surface area contributed by atoms with Gasteiger partial charge in [-0.15, -0.1) is 0 Å². The molecule has 0 saturated carbocycles.